The van der Waals surface area contributed by atoms with E-state index in [2.05, 4.69) is 5.32 Å². The Hall–Kier alpha value is -2.29. The molecule has 0 fully saturated rings. The number of carbonyl (C=O) groups is 1. The lowest BCUT2D eigenvalue weighted by Gasteiger charge is -2.18. The summed E-state index contributed by atoms with van der Waals surface area (Å²) >= 11 is 0. The smallest absolute Gasteiger partial charge is 0.340 e. The van der Waals surface area contributed by atoms with Crippen LogP contribution in [0.4, 0.5) is 5.69 Å². The molecule has 0 amide bonds. The molecule has 0 bridgehead atoms. The second-order valence-corrected chi connectivity index (χ2v) is 4.78. The molecule has 3 heteroatoms. The molecular formula is C16H15NO2. The van der Waals surface area contributed by atoms with Crippen molar-refractivity contribution in [2.24, 2.45) is 0 Å². The fraction of sp³-hybridized carbons (Fsp3) is 0.188. The first-order chi connectivity index (χ1) is 9.16. The summed E-state index contributed by atoms with van der Waals surface area (Å²) in [6, 6.07) is 13.6. The number of rotatable bonds is 2. The third-order valence-corrected chi connectivity index (χ3v) is 3.44. The topological polar surface area (TPSA) is 38.3 Å². The Labute approximate surface area is 112 Å². The van der Waals surface area contributed by atoms with Gasteiger partial charge in [-0.2, -0.15) is 0 Å². The van der Waals surface area contributed by atoms with Gasteiger partial charge in [-0.25, -0.2) is 4.79 Å². The van der Waals surface area contributed by atoms with Gasteiger partial charge in [-0.3, -0.25) is 0 Å². The molecule has 2 aromatic carbocycles. The number of benzene rings is 2. The number of hydrogen-bond acceptors (Lipinski definition) is 3. The first kappa shape index (κ1) is 11.8. The zero-order valence-corrected chi connectivity index (χ0v) is 10.9. The van der Waals surface area contributed by atoms with Gasteiger partial charge < -0.3 is 10.1 Å². The molecule has 1 atom stereocenters. The average Bonchev–Trinajstić information content (AvgIpc) is 2.72. The lowest BCUT2D eigenvalue weighted by atomic mass is 10.1. The van der Waals surface area contributed by atoms with Gasteiger partial charge in [-0.05, 0) is 31.0 Å². The van der Waals surface area contributed by atoms with Crippen LogP contribution in [0.15, 0.2) is 42.5 Å². The van der Waals surface area contributed by atoms with Gasteiger partial charge in [0.2, 0.25) is 6.23 Å². The highest BCUT2D eigenvalue weighted by atomic mass is 16.6. The van der Waals surface area contributed by atoms with Gasteiger partial charge >= 0.3 is 5.97 Å². The van der Waals surface area contributed by atoms with Crippen LogP contribution in [0, 0.1) is 13.8 Å². The summed E-state index contributed by atoms with van der Waals surface area (Å²) in [4.78, 5) is 11.8. The van der Waals surface area contributed by atoms with Gasteiger partial charge in [0.25, 0.3) is 0 Å². The fourth-order valence-electron chi connectivity index (χ4n) is 2.43. The van der Waals surface area contributed by atoms with Crippen molar-refractivity contribution in [3.8, 4) is 0 Å². The standard InChI is InChI=1S/C16H15NO2/c1-10-6-5-7-11(2)14(10)17-15-12-8-3-4-9-13(12)16(18)19-15/h3-9,15,17H,1-2H3. The Balaban J connectivity index is 1.96. The van der Waals surface area contributed by atoms with Gasteiger partial charge in [-0.1, -0.05) is 36.4 Å². The third kappa shape index (κ3) is 1.97. The van der Waals surface area contributed by atoms with E-state index < -0.39 is 6.23 Å². The highest BCUT2D eigenvalue weighted by molar-refractivity contribution is 5.94. The fourth-order valence-corrected chi connectivity index (χ4v) is 2.43. The van der Waals surface area contributed by atoms with Crippen LogP contribution < -0.4 is 5.32 Å². The van der Waals surface area contributed by atoms with E-state index in [4.69, 9.17) is 4.74 Å². The number of anilines is 1. The van der Waals surface area contributed by atoms with E-state index in [9.17, 15) is 4.79 Å². The molecule has 1 unspecified atom stereocenters. The van der Waals surface area contributed by atoms with E-state index in [1.54, 1.807) is 6.07 Å². The third-order valence-electron chi connectivity index (χ3n) is 3.44. The lowest BCUT2D eigenvalue weighted by molar-refractivity contribution is 0.0437. The molecule has 96 valence electrons. The number of fused-ring (bicyclic) bond motifs is 1. The second kappa shape index (κ2) is 4.43. The monoisotopic (exact) mass is 253 g/mol. The Morgan fingerprint density at radius 3 is 2.42 bits per heavy atom. The predicted molar refractivity (Wildman–Crippen MR) is 74.1 cm³/mol. The van der Waals surface area contributed by atoms with Crippen molar-refractivity contribution >= 4 is 11.7 Å². The van der Waals surface area contributed by atoms with Crippen LogP contribution in [0.3, 0.4) is 0 Å². The van der Waals surface area contributed by atoms with Crippen LogP contribution in [0.1, 0.15) is 33.3 Å². The van der Waals surface area contributed by atoms with Crippen molar-refractivity contribution in [2.75, 3.05) is 5.32 Å². The van der Waals surface area contributed by atoms with Crippen LogP contribution in [0.5, 0.6) is 0 Å². The number of esters is 1. The number of cyclic esters (lactones) is 1. The highest BCUT2D eigenvalue weighted by Crippen LogP contribution is 2.33. The molecule has 19 heavy (non-hydrogen) atoms. The SMILES string of the molecule is Cc1cccc(C)c1NC1OC(=O)c2ccccc21. The molecule has 1 aliphatic rings. The zero-order chi connectivity index (χ0) is 13.4. The van der Waals surface area contributed by atoms with Crippen molar-refractivity contribution in [1.82, 2.24) is 0 Å². The van der Waals surface area contributed by atoms with E-state index >= 15 is 0 Å². The van der Waals surface area contributed by atoms with E-state index in [1.807, 2.05) is 50.2 Å². The van der Waals surface area contributed by atoms with Crippen molar-refractivity contribution in [3.63, 3.8) is 0 Å². The van der Waals surface area contributed by atoms with Crippen molar-refractivity contribution in [2.45, 2.75) is 20.1 Å². The minimum absolute atomic E-state index is 0.265. The summed E-state index contributed by atoms with van der Waals surface area (Å²) in [5, 5.41) is 3.32. The highest BCUT2D eigenvalue weighted by Gasteiger charge is 2.30. The Bertz CT molecular complexity index is 629. The Morgan fingerprint density at radius 1 is 1.00 bits per heavy atom. The molecule has 3 nitrogen and oxygen atoms in total. The van der Waals surface area contributed by atoms with E-state index in [0.29, 0.717) is 5.56 Å². The Kier molecular flexibility index (Phi) is 2.75. The van der Waals surface area contributed by atoms with Crippen LogP contribution in [-0.2, 0) is 4.74 Å². The molecule has 3 rings (SSSR count). The summed E-state index contributed by atoms with van der Waals surface area (Å²) in [5.74, 6) is -0.265. The largest absolute Gasteiger partial charge is 0.434 e. The molecule has 0 aliphatic carbocycles. The molecule has 0 saturated heterocycles. The van der Waals surface area contributed by atoms with Crippen LogP contribution in [0.2, 0.25) is 0 Å². The molecule has 1 aliphatic heterocycles. The molecule has 2 aromatic rings. The number of hydrogen-bond donors (Lipinski definition) is 1. The van der Waals surface area contributed by atoms with E-state index in [1.165, 1.54) is 0 Å². The van der Waals surface area contributed by atoms with Crippen molar-refractivity contribution < 1.29 is 9.53 Å². The molecule has 0 radical (unpaired) electrons. The number of ether oxygens (including phenoxy) is 1. The quantitative estimate of drug-likeness (QED) is 0.831. The Morgan fingerprint density at radius 2 is 1.68 bits per heavy atom. The molecule has 0 saturated carbocycles. The number of nitrogens with one attached hydrogen (secondary N) is 1. The minimum atomic E-state index is -0.400. The first-order valence-corrected chi connectivity index (χ1v) is 6.29. The molecule has 1 N–H and O–H groups in total. The zero-order valence-electron chi connectivity index (χ0n) is 10.9. The number of aryl methyl sites for hydroxylation is 2. The minimum Gasteiger partial charge on any atom is -0.434 e. The maximum atomic E-state index is 11.8. The van der Waals surface area contributed by atoms with Gasteiger partial charge in [-0.15, -0.1) is 0 Å². The van der Waals surface area contributed by atoms with Gasteiger partial charge in [0.1, 0.15) is 0 Å². The van der Waals surface area contributed by atoms with Crippen LogP contribution in [-0.4, -0.2) is 5.97 Å². The molecule has 0 spiro atoms. The maximum Gasteiger partial charge on any atom is 0.340 e. The summed E-state index contributed by atoms with van der Waals surface area (Å²) in [7, 11) is 0. The van der Waals surface area contributed by atoms with E-state index in [0.717, 1.165) is 22.4 Å². The lowest BCUT2D eigenvalue weighted by Crippen LogP contribution is -2.12. The summed E-state index contributed by atoms with van der Waals surface area (Å²) in [6.07, 6.45) is -0.400. The normalized spacial score (nSPS) is 16.9. The maximum absolute atomic E-state index is 11.8. The average molecular weight is 253 g/mol. The van der Waals surface area contributed by atoms with Crippen molar-refractivity contribution in [1.29, 1.82) is 0 Å². The summed E-state index contributed by atoms with van der Waals surface area (Å²) in [5.41, 5.74) is 4.85. The predicted octanol–water partition coefficient (Wildman–Crippen LogP) is 3.58. The van der Waals surface area contributed by atoms with Crippen molar-refractivity contribution in [3.05, 3.63) is 64.7 Å². The molecule has 0 aromatic heterocycles. The summed E-state index contributed by atoms with van der Waals surface area (Å²) < 4.78 is 5.40. The van der Waals surface area contributed by atoms with E-state index in [-0.39, 0.29) is 5.97 Å². The van der Waals surface area contributed by atoms with Gasteiger partial charge in [0.15, 0.2) is 0 Å². The van der Waals surface area contributed by atoms with Crippen LogP contribution in [0.25, 0.3) is 0 Å². The first-order valence-electron chi connectivity index (χ1n) is 6.29. The molecule has 1 heterocycles. The second-order valence-electron chi connectivity index (χ2n) is 4.78. The summed E-state index contributed by atoms with van der Waals surface area (Å²) in [6.45, 7) is 4.08. The molecular weight excluding hydrogens is 238 g/mol. The number of para-hydroxylation sites is 1. The number of carbonyl (C=O) groups excluding carboxylic acids is 1. The van der Waals surface area contributed by atoms with Gasteiger partial charge in [0.05, 0.1) is 5.56 Å². The van der Waals surface area contributed by atoms with Gasteiger partial charge in [0, 0.05) is 11.3 Å². The van der Waals surface area contributed by atoms with Crippen LogP contribution >= 0.6 is 0 Å².